The zero-order valence-electron chi connectivity index (χ0n) is 10.1. The number of hydrogen-bond acceptors (Lipinski definition) is 3. The molecule has 4 nitrogen and oxygen atoms in total. The Morgan fingerprint density at radius 3 is 2.76 bits per heavy atom. The summed E-state index contributed by atoms with van der Waals surface area (Å²) < 4.78 is 4.95. The highest BCUT2D eigenvalue weighted by Gasteiger charge is 2.07. The molecule has 1 aromatic carbocycles. The van der Waals surface area contributed by atoms with Gasteiger partial charge in [0.05, 0.1) is 6.10 Å². The Labute approximate surface area is 102 Å². The zero-order valence-corrected chi connectivity index (χ0v) is 10.1. The summed E-state index contributed by atoms with van der Waals surface area (Å²) in [6, 6.07) is 9.68. The number of nitrogens with one attached hydrogen (secondary N) is 1. The lowest BCUT2D eigenvalue weighted by Crippen LogP contribution is -2.35. The Hall–Kier alpha value is -1.39. The third kappa shape index (κ3) is 6.04. The van der Waals surface area contributed by atoms with Gasteiger partial charge in [0.15, 0.2) is 0 Å². The summed E-state index contributed by atoms with van der Waals surface area (Å²) in [6.45, 7) is 2.65. The van der Waals surface area contributed by atoms with Gasteiger partial charge in [-0.3, -0.25) is 4.79 Å². The van der Waals surface area contributed by atoms with Gasteiger partial charge >= 0.3 is 0 Å². The molecule has 4 heteroatoms. The molecule has 1 amide bonds. The average molecular weight is 237 g/mol. The molecule has 0 aromatic heterocycles. The van der Waals surface area contributed by atoms with E-state index in [-0.39, 0.29) is 19.1 Å². The van der Waals surface area contributed by atoms with Crippen LogP contribution in [-0.4, -0.2) is 36.9 Å². The number of ether oxygens (including phenoxy) is 1. The highest BCUT2D eigenvalue weighted by atomic mass is 16.5. The lowest BCUT2D eigenvalue weighted by atomic mass is 10.1. The molecule has 0 bridgehead atoms. The van der Waals surface area contributed by atoms with E-state index in [0.29, 0.717) is 13.0 Å². The fraction of sp³-hybridized carbons (Fsp3) is 0.462. The molecule has 0 heterocycles. The van der Waals surface area contributed by atoms with Crippen LogP contribution in [0.1, 0.15) is 12.5 Å². The summed E-state index contributed by atoms with van der Waals surface area (Å²) >= 11 is 0. The Kier molecular flexibility index (Phi) is 6.29. The summed E-state index contributed by atoms with van der Waals surface area (Å²) in [6.07, 6.45) is -0.0292. The number of amides is 1. The van der Waals surface area contributed by atoms with Crippen LogP contribution in [0.2, 0.25) is 0 Å². The topological polar surface area (TPSA) is 58.6 Å². The van der Waals surface area contributed by atoms with Gasteiger partial charge in [-0.15, -0.1) is 0 Å². The van der Waals surface area contributed by atoms with E-state index < -0.39 is 6.10 Å². The van der Waals surface area contributed by atoms with Crippen LogP contribution in [0.3, 0.4) is 0 Å². The molecule has 17 heavy (non-hydrogen) atoms. The Morgan fingerprint density at radius 1 is 1.41 bits per heavy atom. The van der Waals surface area contributed by atoms with Crippen LogP contribution in [0.25, 0.3) is 0 Å². The van der Waals surface area contributed by atoms with Crippen LogP contribution < -0.4 is 5.32 Å². The molecule has 1 rings (SSSR count). The standard InChI is InChI=1S/C13H19NO3/c1-2-17-10-13(16)14-9-12(15)8-11-6-4-3-5-7-11/h3-7,12,15H,2,8-10H2,1H3,(H,14,16). The SMILES string of the molecule is CCOCC(=O)NCC(O)Cc1ccccc1. The van der Waals surface area contributed by atoms with Crippen LogP contribution in [-0.2, 0) is 16.0 Å². The third-order valence-corrected chi connectivity index (χ3v) is 2.29. The molecule has 0 aliphatic carbocycles. The van der Waals surface area contributed by atoms with Gasteiger partial charge in [0.25, 0.3) is 0 Å². The van der Waals surface area contributed by atoms with Gasteiger partial charge in [0, 0.05) is 19.6 Å². The summed E-state index contributed by atoms with van der Waals surface area (Å²) in [7, 11) is 0. The average Bonchev–Trinajstić information content (AvgIpc) is 2.35. The predicted molar refractivity (Wildman–Crippen MR) is 65.7 cm³/mol. The molecule has 0 fully saturated rings. The molecule has 0 aliphatic heterocycles. The van der Waals surface area contributed by atoms with E-state index in [0.717, 1.165) is 5.56 Å². The van der Waals surface area contributed by atoms with E-state index in [9.17, 15) is 9.90 Å². The van der Waals surface area contributed by atoms with Crippen molar-refractivity contribution in [3.63, 3.8) is 0 Å². The first-order chi connectivity index (χ1) is 8.22. The molecular formula is C13H19NO3. The Balaban J connectivity index is 2.21. The first kappa shape index (κ1) is 13.7. The van der Waals surface area contributed by atoms with Crippen molar-refractivity contribution in [2.24, 2.45) is 0 Å². The summed E-state index contributed by atoms with van der Waals surface area (Å²) in [5, 5.41) is 12.3. The Morgan fingerprint density at radius 2 is 2.12 bits per heavy atom. The van der Waals surface area contributed by atoms with Crippen molar-refractivity contribution in [2.75, 3.05) is 19.8 Å². The van der Waals surface area contributed by atoms with Crippen molar-refractivity contribution < 1.29 is 14.6 Å². The Bertz CT molecular complexity index is 327. The van der Waals surface area contributed by atoms with Gasteiger partial charge < -0.3 is 15.2 Å². The number of aliphatic hydroxyl groups excluding tert-OH is 1. The minimum Gasteiger partial charge on any atom is -0.391 e. The van der Waals surface area contributed by atoms with E-state index in [4.69, 9.17) is 4.74 Å². The quantitative estimate of drug-likeness (QED) is 0.735. The summed E-state index contributed by atoms with van der Waals surface area (Å²) in [4.78, 5) is 11.2. The lowest BCUT2D eigenvalue weighted by Gasteiger charge is -2.11. The highest BCUT2D eigenvalue weighted by Crippen LogP contribution is 2.02. The summed E-state index contributed by atoms with van der Waals surface area (Å²) in [5.41, 5.74) is 1.05. The number of benzene rings is 1. The molecule has 0 radical (unpaired) electrons. The van der Waals surface area contributed by atoms with E-state index in [2.05, 4.69) is 5.32 Å². The van der Waals surface area contributed by atoms with Gasteiger partial charge in [-0.2, -0.15) is 0 Å². The van der Waals surface area contributed by atoms with Crippen molar-refractivity contribution in [3.05, 3.63) is 35.9 Å². The maximum absolute atomic E-state index is 11.2. The van der Waals surface area contributed by atoms with Crippen LogP contribution >= 0.6 is 0 Å². The monoisotopic (exact) mass is 237 g/mol. The van der Waals surface area contributed by atoms with Crippen LogP contribution in [0.15, 0.2) is 30.3 Å². The van der Waals surface area contributed by atoms with Crippen molar-refractivity contribution >= 4 is 5.91 Å². The van der Waals surface area contributed by atoms with E-state index in [1.807, 2.05) is 37.3 Å². The fourth-order valence-electron chi connectivity index (χ4n) is 1.44. The van der Waals surface area contributed by atoms with E-state index in [1.54, 1.807) is 0 Å². The predicted octanol–water partition coefficient (Wildman–Crippen LogP) is 0.743. The molecule has 0 spiro atoms. The van der Waals surface area contributed by atoms with Crippen LogP contribution in [0, 0.1) is 0 Å². The normalized spacial score (nSPS) is 12.1. The molecule has 2 N–H and O–H groups in total. The highest BCUT2D eigenvalue weighted by molar-refractivity contribution is 5.77. The maximum atomic E-state index is 11.2. The third-order valence-electron chi connectivity index (χ3n) is 2.29. The van der Waals surface area contributed by atoms with Crippen molar-refractivity contribution in [2.45, 2.75) is 19.4 Å². The molecule has 0 aliphatic rings. The fourth-order valence-corrected chi connectivity index (χ4v) is 1.44. The van der Waals surface area contributed by atoms with Gasteiger partial charge in [-0.25, -0.2) is 0 Å². The van der Waals surface area contributed by atoms with Gasteiger partial charge in [-0.1, -0.05) is 30.3 Å². The van der Waals surface area contributed by atoms with Crippen LogP contribution in [0.5, 0.6) is 0 Å². The minimum atomic E-state index is -0.567. The number of rotatable bonds is 7. The molecule has 0 saturated heterocycles. The largest absolute Gasteiger partial charge is 0.391 e. The van der Waals surface area contributed by atoms with Crippen molar-refractivity contribution in [1.29, 1.82) is 0 Å². The second-order valence-corrected chi connectivity index (χ2v) is 3.78. The van der Waals surface area contributed by atoms with E-state index in [1.165, 1.54) is 0 Å². The smallest absolute Gasteiger partial charge is 0.246 e. The van der Waals surface area contributed by atoms with Crippen molar-refractivity contribution in [1.82, 2.24) is 5.32 Å². The van der Waals surface area contributed by atoms with Crippen LogP contribution in [0.4, 0.5) is 0 Å². The first-order valence-electron chi connectivity index (χ1n) is 5.78. The molecule has 0 saturated carbocycles. The molecule has 1 aromatic rings. The van der Waals surface area contributed by atoms with Crippen molar-refractivity contribution in [3.8, 4) is 0 Å². The minimum absolute atomic E-state index is 0.0502. The lowest BCUT2D eigenvalue weighted by molar-refractivity contribution is -0.126. The first-order valence-corrected chi connectivity index (χ1v) is 5.78. The number of carbonyl (C=O) groups excluding carboxylic acids is 1. The van der Waals surface area contributed by atoms with E-state index >= 15 is 0 Å². The maximum Gasteiger partial charge on any atom is 0.246 e. The molecule has 1 unspecified atom stereocenters. The summed E-state index contributed by atoms with van der Waals surface area (Å²) in [5.74, 6) is -0.195. The molecule has 1 atom stereocenters. The second kappa shape index (κ2) is 7.81. The second-order valence-electron chi connectivity index (χ2n) is 3.78. The number of hydrogen-bond donors (Lipinski definition) is 2. The number of aliphatic hydroxyl groups is 1. The molecule has 94 valence electrons. The zero-order chi connectivity index (χ0) is 12.5. The molecular weight excluding hydrogens is 218 g/mol. The van der Waals surface area contributed by atoms with Gasteiger partial charge in [0.1, 0.15) is 6.61 Å². The number of carbonyl (C=O) groups is 1. The van der Waals surface area contributed by atoms with Gasteiger partial charge in [0.2, 0.25) is 5.91 Å². The van der Waals surface area contributed by atoms with Gasteiger partial charge in [-0.05, 0) is 12.5 Å².